The average molecular weight is 258 g/mol. The molecule has 1 atom stereocenters. The van der Waals surface area contributed by atoms with Crippen molar-refractivity contribution >= 4 is 0 Å². The van der Waals surface area contributed by atoms with Gasteiger partial charge in [0.05, 0.1) is 18.6 Å². The molecular formula is C16H22N2O. The van der Waals surface area contributed by atoms with Crippen LogP contribution in [0.25, 0.3) is 0 Å². The molecule has 0 radical (unpaired) electrons. The topological polar surface area (TPSA) is 51.2 Å². The van der Waals surface area contributed by atoms with Gasteiger partial charge in [0.1, 0.15) is 0 Å². The van der Waals surface area contributed by atoms with Crippen molar-refractivity contribution in [3.63, 3.8) is 0 Å². The largest absolute Gasteiger partial charge is 0.472 e. The van der Waals surface area contributed by atoms with Crippen molar-refractivity contribution in [1.82, 2.24) is 5.43 Å². The summed E-state index contributed by atoms with van der Waals surface area (Å²) in [6.45, 7) is 6.66. The molecule has 19 heavy (non-hydrogen) atoms. The smallest absolute Gasteiger partial charge is 0.0935 e. The molecule has 0 aliphatic carbocycles. The molecule has 3 heteroatoms. The second-order valence-electron chi connectivity index (χ2n) is 5.89. The predicted molar refractivity (Wildman–Crippen MR) is 77.6 cm³/mol. The lowest BCUT2D eigenvalue weighted by atomic mass is 9.81. The van der Waals surface area contributed by atoms with E-state index in [-0.39, 0.29) is 11.5 Å². The number of nitrogens with two attached hydrogens (primary N) is 1. The third kappa shape index (κ3) is 3.25. The number of rotatable bonds is 4. The van der Waals surface area contributed by atoms with Gasteiger partial charge < -0.3 is 4.42 Å². The van der Waals surface area contributed by atoms with Gasteiger partial charge in [-0.05, 0) is 34.6 Å². The van der Waals surface area contributed by atoms with E-state index >= 15 is 0 Å². The molecule has 0 saturated carbocycles. The molecule has 2 aromatic rings. The van der Waals surface area contributed by atoms with Gasteiger partial charge in [-0.15, -0.1) is 0 Å². The van der Waals surface area contributed by atoms with Crippen LogP contribution in [0.2, 0.25) is 0 Å². The highest BCUT2D eigenvalue weighted by molar-refractivity contribution is 5.36. The first kappa shape index (κ1) is 13.8. The highest BCUT2D eigenvalue weighted by Gasteiger charge is 2.22. The fraction of sp³-hybridized carbons (Fsp3) is 0.375. The van der Waals surface area contributed by atoms with Crippen molar-refractivity contribution < 1.29 is 4.42 Å². The van der Waals surface area contributed by atoms with E-state index in [2.05, 4.69) is 50.5 Å². The van der Waals surface area contributed by atoms with Crippen LogP contribution in [0.5, 0.6) is 0 Å². The molecule has 0 amide bonds. The molecular weight excluding hydrogens is 236 g/mol. The summed E-state index contributed by atoms with van der Waals surface area (Å²) in [6, 6.07) is 10.5. The van der Waals surface area contributed by atoms with E-state index in [0.717, 1.165) is 12.0 Å². The zero-order valence-corrected chi connectivity index (χ0v) is 11.8. The Hall–Kier alpha value is -1.58. The van der Waals surface area contributed by atoms with Crippen molar-refractivity contribution in [2.75, 3.05) is 0 Å². The van der Waals surface area contributed by atoms with Crippen LogP contribution in [0, 0.1) is 0 Å². The molecule has 0 aliphatic rings. The van der Waals surface area contributed by atoms with Crippen LogP contribution in [0.4, 0.5) is 0 Å². The van der Waals surface area contributed by atoms with E-state index in [4.69, 9.17) is 10.3 Å². The molecule has 0 bridgehead atoms. The summed E-state index contributed by atoms with van der Waals surface area (Å²) >= 11 is 0. The molecule has 1 heterocycles. The molecule has 0 spiro atoms. The summed E-state index contributed by atoms with van der Waals surface area (Å²) in [5, 5.41) is 0. The Morgan fingerprint density at radius 1 is 1.21 bits per heavy atom. The van der Waals surface area contributed by atoms with Crippen LogP contribution in [0.15, 0.2) is 47.3 Å². The Morgan fingerprint density at radius 2 is 1.95 bits per heavy atom. The van der Waals surface area contributed by atoms with Gasteiger partial charge in [0.25, 0.3) is 0 Å². The standard InChI is InChI=1S/C16H22N2O/c1-16(2,3)14-7-5-4-6-13(14)15(18-17)10-12-8-9-19-11-12/h4-9,11,15,18H,10,17H2,1-3H3. The van der Waals surface area contributed by atoms with E-state index < -0.39 is 0 Å². The maximum Gasteiger partial charge on any atom is 0.0935 e. The van der Waals surface area contributed by atoms with Gasteiger partial charge in [0.15, 0.2) is 0 Å². The van der Waals surface area contributed by atoms with E-state index in [9.17, 15) is 0 Å². The molecule has 1 unspecified atom stereocenters. The van der Waals surface area contributed by atoms with E-state index in [0.29, 0.717) is 0 Å². The zero-order valence-electron chi connectivity index (χ0n) is 11.8. The Morgan fingerprint density at radius 3 is 2.53 bits per heavy atom. The zero-order chi connectivity index (χ0) is 13.9. The Labute approximate surface area is 114 Å². The predicted octanol–water partition coefficient (Wildman–Crippen LogP) is 3.32. The maximum atomic E-state index is 5.75. The van der Waals surface area contributed by atoms with Crippen molar-refractivity contribution in [1.29, 1.82) is 0 Å². The summed E-state index contributed by atoms with van der Waals surface area (Å²) in [4.78, 5) is 0. The number of hydrogen-bond donors (Lipinski definition) is 2. The fourth-order valence-electron chi connectivity index (χ4n) is 2.39. The summed E-state index contributed by atoms with van der Waals surface area (Å²) in [5.41, 5.74) is 6.74. The number of hydrogen-bond acceptors (Lipinski definition) is 3. The van der Waals surface area contributed by atoms with Gasteiger partial charge in [-0.25, -0.2) is 0 Å². The molecule has 3 nitrogen and oxygen atoms in total. The number of benzene rings is 1. The van der Waals surface area contributed by atoms with E-state index in [1.54, 1.807) is 12.5 Å². The molecule has 1 aromatic carbocycles. The molecule has 0 aliphatic heterocycles. The molecule has 3 N–H and O–H groups in total. The molecule has 102 valence electrons. The highest BCUT2D eigenvalue weighted by Crippen LogP contribution is 2.30. The molecule has 1 aromatic heterocycles. The monoisotopic (exact) mass is 258 g/mol. The first-order valence-corrected chi connectivity index (χ1v) is 6.59. The first-order chi connectivity index (χ1) is 9.02. The minimum absolute atomic E-state index is 0.0908. The first-order valence-electron chi connectivity index (χ1n) is 6.59. The normalized spacial score (nSPS) is 13.5. The summed E-state index contributed by atoms with van der Waals surface area (Å²) in [7, 11) is 0. The van der Waals surface area contributed by atoms with Crippen LogP contribution in [0.3, 0.4) is 0 Å². The van der Waals surface area contributed by atoms with Gasteiger partial charge in [-0.1, -0.05) is 45.0 Å². The minimum Gasteiger partial charge on any atom is -0.472 e. The lowest BCUT2D eigenvalue weighted by Crippen LogP contribution is -2.31. The van der Waals surface area contributed by atoms with Crippen LogP contribution >= 0.6 is 0 Å². The van der Waals surface area contributed by atoms with Crippen molar-refractivity contribution in [2.24, 2.45) is 5.84 Å². The Balaban J connectivity index is 2.33. The number of hydrazine groups is 1. The van der Waals surface area contributed by atoms with Crippen LogP contribution in [-0.4, -0.2) is 0 Å². The van der Waals surface area contributed by atoms with Crippen molar-refractivity contribution in [3.05, 3.63) is 59.5 Å². The Bertz CT molecular complexity index is 512. The van der Waals surface area contributed by atoms with Crippen LogP contribution in [-0.2, 0) is 11.8 Å². The summed E-state index contributed by atoms with van der Waals surface area (Å²) in [5.74, 6) is 5.75. The molecule has 0 fully saturated rings. The summed E-state index contributed by atoms with van der Waals surface area (Å²) in [6.07, 6.45) is 4.28. The second-order valence-corrected chi connectivity index (χ2v) is 5.89. The van der Waals surface area contributed by atoms with Gasteiger partial charge in [0, 0.05) is 0 Å². The third-order valence-corrected chi connectivity index (χ3v) is 3.37. The SMILES string of the molecule is CC(C)(C)c1ccccc1C(Cc1ccoc1)NN. The van der Waals surface area contributed by atoms with Crippen molar-refractivity contribution in [3.8, 4) is 0 Å². The van der Waals surface area contributed by atoms with Gasteiger partial charge in [0.2, 0.25) is 0 Å². The van der Waals surface area contributed by atoms with Crippen molar-refractivity contribution in [2.45, 2.75) is 38.6 Å². The molecule has 0 saturated heterocycles. The van der Waals surface area contributed by atoms with Gasteiger partial charge >= 0.3 is 0 Å². The number of nitrogens with one attached hydrogen (secondary N) is 1. The number of furan rings is 1. The van der Waals surface area contributed by atoms with Gasteiger partial charge in [-0.2, -0.15) is 0 Å². The van der Waals surface area contributed by atoms with Crippen LogP contribution in [0.1, 0.15) is 43.5 Å². The average Bonchev–Trinajstić information content (AvgIpc) is 2.88. The van der Waals surface area contributed by atoms with Gasteiger partial charge in [-0.3, -0.25) is 11.3 Å². The quantitative estimate of drug-likeness (QED) is 0.653. The van der Waals surface area contributed by atoms with E-state index in [1.165, 1.54) is 11.1 Å². The van der Waals surface area contributed by atoms with E-state index in [1.807, 2.05) is 6.07 Å². The highest BCUT2D eigenvalue weighted by atomic mass is 16.3. The second kappa shape index (κ2) is 5.59. The minimum atomic E-state index is 0.0908. The Kier molecular flexibility index (Phi) is 4.08. The summed E-state index contributed by atoms with van der Waals surface area (Å²) < 4.78 is 5.12. The lowest BCUT2D eigenvalue weighted by molar-refractivity contribution is 0.512. The lowest BCUT2D eigenvalue weighted by Gasteiger charge is -2.27. The van der Waals surface area contributed by atoms with Crippen LogP contribution < -0.4 is 11.3 Å². The maximum absolute atomic E-state index is 5.75. The molecule has 2 rings (SSSR count). The third-order valence-electron chi connectivity index (χ3n) is 3.37. The fourth-order valence-corrected chi connectivity index (χ4v) is 2.39.